The van der Waals surface area contributed by atoms with Gasteiger partial charge in [-0.1, -0.05) is 0 Å². The zero-order valence-corrected chi connectivity index (χ0v) is 19.8. The summed E-state index contributed by atoms with van der Waals surface area (Å²) in [6.45, 7) is 3.20. The van der Waals surface area contributed by atoms with Crippen LogP contribution in [0.3, 0.4) is 0 Å². The van der Waals surface area contributed by atoms with Crippen molar-refractivity contribution < 1.29 is 14.2 Å². The van der Waals surface area contributed by atoms with Gasteiger partial charge in [0, 0.05) is 24.7 Å². The molecule has 0 unspecified atom stereocenters. The second-order valence-corrected chi connectivity index (χ2v) is 8.78. The molecule has 1 saturated heterocycles. The van der Waals surface area contributed by atoms with Crippen LogP contribution in [-0.2, 0) is 0 Å². The van der Waals surface area contributed by atoms with Gasteiger partial charge in [0.2, 0.25) is 11.7 Å². The molecule has 0 amide bonds. The molecule has 10 heteroatoms. The summed E-state index contributed by atoms with van der Waals surface area (Å²) in [5, 5.41) is 5.43. The molecule has 172 valence electrons. The van der Waals surface area contributed by atoms with E-state index in [1.165, 1.54) is 0 Å². The Balaban J connectivity index is 1.48. The first-order chi connectivity index (χ1) is 16.1. The summed E-state index contributed by atoms with van der Waals surface area (Å²) >= 11 is 1.61. The van der Waals surface area contributed by atoms with E-state index in [0.717, 1.165) is 47.1 Å². The van der Waals surface area contributed by atoms with E-state index in [4.69, 9.17) is 24.2 Å². The Morgan fingerprint density at radius 3 is 2.55 bits per heavy atom. The number of imidazole rings is 1. The first-order valence-corrected chi connectivity index (χ1v) is 11.6. The Hall–Kier alpha value is -3.53. The summed E-state index contributed by atoms with van der Waals surface area (Å²) in [6, 6.07) is 6.23. The largest absolute Gasteiger partial charge is 0.493 e. The third-order valence-corrected chi connectivity index (χ3v) is 6.79. The first-order valence-electron chi connectivity index (χ1n) is 10.7. The van der Waals surface area contributed by atoms with Gasteiger partial charge >= 0.3 is 0 Å². The van der Waals surface area contributed by atoms with Crippen molar-refractivity contribution in [1.82, 2.24) is 19.5 Å². The average Bonchev–Trinajstić information content (AvgIpc) is 3.58. The van der Waals surface area contributed by atoms with Crippen LogP contribution in [-0.4, -0.2) is 53.4 Å². The second kappa shape index (κ2) is 8.78. The molecule has 1 N–H and O–H groups in total. The standard InChI is InChI=1S/C23H26N6O3S/c1-14-6-5-8-29(14)23-25-16-7-9-33-21(16)22(27-23)26-19-12-28(13-24-19)15-10-17(30-2)20(32-4)18(11-15)31-3/h7,9-14H,5-6,8H2,1-4H3,(H,25,26,27)/t14-/m1/s1. The molecule has 33 heavy (non-hydrogen) atoms. The highest BCUT2D eigenvalue weighted by Crippen LogP contribution is 2.39. The Labute approximate surface area is 196 Å². The number of aromatic nitrogens is 4. The van der Waals surface area contributed by atoms with Gasteiger partial charge in [0.15, 0.2) is 17.3 Å². The summed E-state index contributed by atoms with van der Waals surface area (Å²) < 4.78 is 19.3. The van der Waals surface area contributed by atoms with Gasteiger partial charge in [0.25, 0.3) is 0 Å². The quantitative estimate of drug-likeness (QED) is 0.422. The van der Waals surface area contributed by atoms with Crippen molar-refractivity contribution in [2.75, 3.05) is 38.1 Å². The van der Waals surface area contributed by atoms with Gasteiger partial charge in [-0.05, 0) is 31.2 Å². The number of anilines is 3. The number of benzene rings is 1. The molecule has 0 saturated carbocycles. The molecule has 0 spiro atoms. The number of ether oxygens (including phenoxy) is 3. The average molecular weight is 467 g/mol. The summed E-state index contributed by atoms with van der Waals surface area (Å²) in [5.41, 5.74) is 1.77. The number of rotatable bonds is 7. The molecule has 4 heterocycles. The lowest BCUT2D eigenvalue weighted by atomic mass is 10.2. The number of hydrogen-bond acceptors (Lipinski definition) is 9. The predicted octanol–water partition coefficient (Wildman–Crippen LogP) is 4.64. The number of nitrogens with one attached hydrogen (secondary N) is 1. The van der Waals surface area contributed by atoms with Crippen LogP contribution >= 0.6 is 11.3 Å². The SMILES string of the molecule is COc1cc(-n2cnc(Nc3nc(N4CCC[C@H]4C)nc4ccsc34)c2)cc(OC)c1OC. The molecule has 5 rings (SSSR count). The van der Waals surface area contributed by atoms with Crippen LogP contribution in [0.2, 0.25) is 0 Å². The van der Waals surface area contributed by atoms with E-state index >= 15 is 0 Å². The number of thiophene rings is 1. The molecule has 0 bridgehead atoms. The fraction of sp³-hybridized carbons (Fsp3) is 0.348. The molecule has 0 aliphatic carbocycles. The monoisotopic (exact) mass is 466 g/mol. The fourth-order valence-electron chi connectivity index (χ4n) is 4.16. The van der Waals surface area contributed by atoms with Crippen LogP contribution in [0.4, 0.5) is 17.6 Å². The Bertz CT molecular complexity index is 1260. The van der Waals surface area contributed by atoms with Gasteiger partial charge in [-0.2, -0.15) is 4.98 Å². The van der Waals surface area contributed by atoms with Crippen LogP contribution in [0.25, 0.3) is 15.9 Å². The summed E-state index contributed by atoms with van der Waals surface area (Å²) in [5.74, 6) is 3.91. The predicted molar refractivity (Wildman–Crippen MR) is 130 cm³/mol. The van der Waals surface area contributed by atoms with E-state index in [1.54, 1.807) is 39.0 Å². The molecule has 1 aliphatic heterocycles. The van der Waals surface area contributed by atoms with Crippen LogP contribution in [0.5, 0.6) is 17.2 Å². The lowest BCUT2D eigenvalue weighted by molar-refractivity contribution is 0.324. The maximum atomic E-state index is 5.48. The smallest absolute Gasteiger partial charge is 0.228 e. The first kappa shape index (κ1) is 21.3. The fourth-order valence-corrected chi connectivity index (χ4v) is 4.94. The van der Waals surface area contributed by atoms with Crippen molar-refractivity contribution in [3.05, 3.63) is 36.1 Å². The third kappa shape index (κ3) is 3.91. The Morgan fingerprint density at radius 2 is 1.88 bits per heavy atom. The molecule has 0 radical (unpaired) electrons. The van der Waals surface area contributed by atoms with E-state index in [1.807, 2.05) is 34.3 Å². The highest BCUT2D eigenvalue weighted by molar-refractivity contribution is 7.17. The maximum Gasteiger partial charge on any atom is 0.228 e. The van der Waals surface area contributed by atoms with Gasteiger partial charge in [0.1, 0.15) is 12.1 Å². The Kier molecular flexibility index (Phi) is 5.67. The summed E-state index contributed by atoms with van der Waals surface area (Å²) in [7, 11) is 4.79. The highest BCUT2D eigenvalue weighted by atomic mass is 32.1. The van der Waals surface area contributed by atoms with Gasteiger partial charge < -0.3 is 29.0 Å². The Morgan fingerprint density at radius 1 is 1.09 bits per heavy atom. The molecule has 3 aromatic heterocycles. The number of fused-ring (bicyclic) bond motifs is 1. The molecular weight excluding hydrogens is 440 g/mol. The molecule has 4 aromatic rings. The van der Waals surface area contributed by atoms with E-state index in [-0.39, 0.29) is 0 Å². The van der Waals surface area contributed by atoms with Gasteiger partial charge in [0.05, 0.1) is 43.4 Å². The second-order valence-electron chi connectivity index (χ2n) is 7.87. The van der Waals surface area contributed by atoms with Crippen LogP contribution in [0.15, 0.2) is 36.1 Å². The zero-order valence-electron chi connectivity index (χ0n) is 19.0. The van der Waals surface area contributed by atoms with E-state index in [2.05, 4.69) is 22.1 Å². The van der Waals surface area contributed by atoms with Crippen molar-refractivity contribution in [1.29, 1.82) is 0 Å². The number of methoxy groups -OCH3 is 3. The number of hydrogen-bond donors (Lipinski definition) is 1. The third-order valence-electron chi connectivity index (χ3n) is 5.88. The van der Waals surface area contributed by atoms with E-state index in [9.17, 15) is 0 Å². The number of nitrogens with zero attached hydrogens (tertiary/aromatic N) is 5. The summed E-state index contributed by atoms with van der Waals surface area (Å²) in [6.07, 6.45) is 5.96. The minimum atomic E-state index is 0.438. The van der Waals surface area contributed by atoms with Gasteiger partial charge in [-0.3, -0.25) is 0 Å². The van der Waals surface area contributed by atoms with Crippen molar-refractivity contribution in [3.8, 4) is 22.9 Å². The van der Waals surface area contributed by atoms with Crippen LogP contribution in [0.1, 0.15) is 19.8 Å². The van der Waals surface area contributed by atoms with Crippen LogP contribution in [0, 0.1) is 0 Å². The van der Waals surface area contributed by atoms with Crippen LogP contribution < -0.4 is 24.4 Å². The van der Waals surface area contributed by atoms with Crippen molar-refractivity contribution in [2.45, 2.75) is 25.8 Å². The lowest BCUT2D eigenvalue weighted by Crippen LogP contribution is -2.28. The van der Waals surface area contributed by atoms with E-state index in [0.29, 0.717) is 29.1 Å². The topological polar surface area (TPSA) is 86.6 Å². The summed E-state index contributed by atoms with van der Waals surface area (Å²) in [4.78, 5) is 16.5. The normalized spacial score (nSPS) is 15.8. The lowest BCUT2D eigenvalue weighted by Gasteiger charge is -2.21. The zero-order chi connectivity index (χ0) is 22.9. The van der Waals surface area contributed by atoms with Gasteiger partial charge in [-0.15, -0.1) is 11.3 Å². The van der Waals surface area contributed by atoms with Crippen molar-refractivity contribution in [2.24, 2.45) is 0 Å². The minimum Gasteiger partial charge on any atom is -0.493 e. The maximum absolute atomic E-state index is 5.48. The van der Waals surface area contributed by atoms with Crippen molar-refractivity contribution in [3.63, 3.8) is 0 Å². The minimum absolute atomic E-state index is 0.438. The molecule has 1 aromatic carbocycles. The van der Waals surface area contributed by atoms with E-state index < -0.39 is 0 Å². The molecule has 1 fully saturated rings. The molecule has 9 nitrogen and oxygen atoms in total. The molecular formula is C23H26N6O3S. The molecule has 1 atom stereocenters. The molecule has 1 aliphatic rings. The van der Waals surface area contributed by atoms with Crippen molar-refractivity contribution >= 4 is 39.1 Å². The van der Waals surface area contributed by atoms with Gasteiger partial charge in [-0.25, -0.2) is 9.97 Å². The highest BCUT2D eigenvalue weighted by Gasteiger charge is 2.24.